The van der Waals surface area contributed by atoms with Crippen molar-refractivity contribution in [1.82, 2.24) is 4.98 Å². The topological polar surface area (TPSA) is 12.9 Å². The summed E-state index contributed by atoms with van der Waals surface area (Å²) >= 11 is 0. The van der Waals surface area contributed by atoms with Crippen molar-refractivity contribution in [3.63, 3.8) is 0 Å². The molecule has 0 saturated heterocycles. The Morgan fingerprint density at radius 3 is 2.75 bits per heavy atom. The van der Waals surface area contributed by atoms with Crippen LogP contribution in [0.4, 0.5) is 0 Å². The van der Waals surface area contributed by atoms with Crippen LogP contribution in [-0.2, 0) is 0 Å². The van der Waals surface area contributed by atoms with Crippen molar-refractivity contribution in [3.05, 3.63) is 41.6 Å². The summed E-state index contributed by atoms with van der Waals surface area (Å²) in [6, 6.07) is 8.15. The highest BCUT2D eigenvalue weighted by Gasteiger charge is 1.98. The number of para-hydroxylation sites is 1. The van der Waals surface area contributed by atoms with Gasteiger partial charge in [0.2, 0.25) is 0 Å². The van der Waals surface area contributed by atoms with Gasteiger partial charge in [-0.05, 0) is 31.0 Å². The van der Waals surface area contributed by atoms with Gasteiger partial charge in [-0.3, -0.25) is 0 Å². The van der Waals surface area contributed by atoms with E-state index in [4.69, 9.17) is 0 Å². The third-order valence-corrected chi connectivity index (χ3v) is 2.12. The molecule has 1 heterocycles. The zero-order valence-electron chi connectivity index (χ0n) is 7.26. The Labute approximate surface area is 72.1 Å². The van der Waals surface area contributed by atoms with Crippen LogP contribution < -0.4 is 0 Å². The van der Waals surface area contributed by atoms with Gasteiger partial charge in [0.15, 0.2) is 0 Å². The normalized spacial score (nSPS) is 10.5. The molecule has 0 unspecified atom stereocenters. The summed E-state index contributed by atoms with van der Waals surface area (Å²) < 4.78 is 0. The molecule has 0 amide bonds. The zero-order chi connectivity index (χ0) is 8.55. The Morgan fingerprint density at radius 1 is 1.17 bits per heavy atom. The number of hydrogen-bond acceptors (Lipinski definition) is 1. The highest BCUT2D eigenvalue weighted by atomic mass is 14.6. The molecule has 0 bridgehead atoms. The molecule has 2 aromatic rings. The number of hydrogen-bond donors (Lipinski definition) is 0. The number of benzene rings is 1. The van der Waals surface area contributed by atoms with E-state index in [1.165, 1.54) is 16.5 Å². The van der Waals surface area contributed by atoms with Crippen LogP contribution >= 0.6 is 0 Å². The summed E-state index contributed by atoms with van der Waals surface area (Å²) in [5.41, 5.74) is 3.52. The molecule has 1 aromatic carbocycles. The van der Waals surface area contributed by atoms with E-state index < -0.39 is 0 Å². The maximum Gasteiger partial charge on any atom is 0.0897 e. The number of rotatable bonds is 0. The van der Waals surface area contributed by atoms with E-state index in [9.17, 15) is 0 Å². The van der Waals surface area contributed by atoms with Gasteiger partial charge in [0, 0.05) is 5.39 Å². The molecule has 0 N–H and O–H groups in total. The number of aromatic nitrogens is 1. The average Bonchev–Trinajstić information content (AvgIpc) is 2.07. The molecule has 0 spiro atoms. The molecule has 59 valence electrons. The van der Waals surface area contributed by atoms with Crippen molar-refractivity contribution >= 4 is 10.9 Å². The van der Waals surface area contributed by atoms with Crippen molar-refractivity contribution < 1.29 is 0 Å². The van der Waals surface area contributed by atoms with E-state index in [2.05, 4.69) is 43.2 Å². The first-order valence-electron chi connectivity index (χ1n) is 4.02. The Balaban J connectivity index is 2.94. The highest BCUT2D eigenvalue weighted by Crippen LogP contribution is 2.17. The van der Waals surface area contributed by atoms with E-state index in [1.54, 1.807) is 0 Å². The van der Waals surface area contributed by atoms with Crippen LogP contribution in [0.5, 0.6) is 0 Å². The fourth-order valence-electron chi connectivity index (χ4n) is 1.40. The smallest absolute Gasteiger partial charge is 0.0897 e. The third-order valence-electron chi connectivity index (χ3n) is 2.12. The summed E-state index contributed by atoms with van der Waals surface area (Å²) in [5, 5.41) is 1.23. The van der Waals surface area contributed by atoms with Crippen LogP contribution in [0.25, 0.3) is 10.9 Å². The predicted octanol–water partition coefficient (Wildman–Crippen LogP) is 2.65. The lowest BCUT2D eigenvalue weighted by Gasteiger charge is -2.01. The lowest BCUT2D eigenvalue weighted by Crippen LogP contribution is -1.85. The number of nitrogens with zero attached hydrogens (tertiary/aromatic N) is 1. The van der Waals surface area contributed by atoms with Gasteiger partial charge in [-0.15, -0.1) is 0 Å². The van der Waals surface area contributed by atoms with Gasteiger partial charge in [0.25, 0.3) is 0 Å². The number of pyridine rings is 1. The maximum atomic E-state index is 4.22. The number of aryl methyl sites for hydroxylation is 2. The number of fused-ring (bicyclic) bond motifs is 1. The lowest BCUT2D eigenvalue weighted by atomic mass is 10.1. The molecule has 1 heteroatoms. The van der Waals surface area contributed by atoms with E-state index in [0.29, 0.717) is 0 Å². The van der Waals surface area contributed by atoms with Crippen LogP contribution in [-0.4, -0.2) is 4.98 Å². The van der Waals surface area contributed by atoms with Crippen LogP contribution in [0.15, 0.2) is 24.3 Å². The fraction of sp³-hybridized carbons (Fsp3) is 0.182. The Hall–Kier alpha value is -1.37. The Morgan fingerprint density at radius 2 is 2.00 bits per heavy atom. The second-order valence-electron chi connectivity index (χ2n) is 3.04. The van der Waals surface area contributed by atoms with E-state index in [0.717, 1.165) is 5.52 Å². The standard InChI is InChI=1S/C11H10N/c1-8-6-7-12-11-9(2)4-3-5-10(8)11/h3-6H,1-2H3. The summed E-state index contributed by atoms with van der Waals surface area (Å²) in [7, 11) is 0. The van der Waals surface area contributed by atoms with Crippen molar-refractivity contribution in [2.24, 2.45) is 0 Å². The molecule has 12 heavy (non-hydrogen) atoms. The minimum atomic E-state index is 1.07. The summed E-state index contributed by atoms with van der Waals surface area (Å²) in [6.45, 7) is 4.16. The van der Waals surface area contributed by atoms with Crippen LogP contribution in [0.2, 0.25) is 0 Å². The van der Waals surface area contributed by atoms with Crippen LogP contribution in [0.3, 0.4) is 0 Å². The van der Waals surface area contributed by atoms with Gasteiger partial charge < -0.3 is 0 Å². The maximum absolute atomic E-state index is 4.22. The van der Waals surface area contributed by atoms with Crippen LogP contribution in [0.1, 0.15) is 11.1 Å². The summed E-state index contributed by atoms with van der Waals surface area (Å²) in [4.78, 5) is 4.22. The van der Waals surface area contributed by atoms with Crippen molar-refractivity contribution in [2.45, 2.75) is 13.8 Å². The molecule has 0 aliphatic carbocycles. The van der Waals surface area contributed by atoms with Crippen LogP contribution in [0, 0.1) is 20.0 Å². The first-order chi connectivity index (χ1) is 5.79. The SMILES string of the molecule is Cc1c[c]nc2c(C)cccc12. The molecule has 1 radical (unpaired) electrons. The lowest BCUT2D eigenvalue weighted by molar-refractivity contribution is 1.32. The summed E-state index contributed by atoms with van der Waals surface area (Å²) in [5.74, 6) is 0. The Kier molecular flexibility index (Phi) is 1.58. The molecule has 1 aromatic heterocycles. The zero-order valence-corrected chi connectivity index (χ0v) is 7.26. The molecular formula is C11H10N. The molecular weight excluding hydrogens is 146 g/mol. The average molecular weight is 156 g/mol. The quantitative estimate of drug-likeness (QED) is 0.571. The third kappa shape index (κ3) is 0.981. The first kappa shape index (κ1) is 7.29. The second-order valence-corrected chi connectivity index (χ2v) is 3.04. The monoisotopic (exact) mass is 156 g/mol. The van der Waals surface area contributed by atoms with Gasteiger partial charge in [-0.25, -0.2) is 4.98 Å². The van der Waals surface area contributed by atoms with Gasteiger partial charge in [0.1, 0.15) is 0 Å². The molecule has 0 aliphatic rings. The molecule has 0 fully saturated rings. The Bertz CT molecular complexity index is 377. The molecule has 0 aliphatic heterocycles. The van der Waals surface area contributed by atoms with Gasteiger partial charge in [-0.1, -0.05) is 18.2 Å². The first-order valence-corrected chi connectivity index (χ1v) is 4.02. The fourth-order valence-corrected chi connectivity index (χ4v) is 1.40. The minimum Gasteiger partial charge on any atom is -0.246 e. The molecule has 0 saturated carbocycles. The predicted molar refractivity (Wildman–Crippen MR) is 50.1 cm³/mol. The van der Waals surface area contributed by atoms with Crippen molar-refractivity contribution in [2.75, 3.05) is 0 Å². The van der Waals surface area contributed by atoms with Gasteiger partial charge in [0.05, 0.1) is 11.7 Å². The van der Waals surface area contributed by atoms with Gasteiger partial charge in [-0.2, -0.15) is 0 Å². The largest absolute Gasteiger partial charge is 0.246 e. The van der Waals surface area contributed by atoms with E-state index in [-0.39, 0.29) is 0 Å². The van der Waals surface area contributed by atoms with Gasteiger partial charge >= 0.3 is 0 Å². The highest BCUT2D eigenvalue weighted by molar-refractivity contribution is 5.84. The molecule has 0 atom stereocenters. The summed E-state index contributed by atoms with van der Waals surface area (Å²) in [6.07, 6.45) is 2.89. The molecule has 2 rings (SSSR count). The van der Waals surface area contributed by atoms with Crippen molar-refractivity contribution in [1.29, 1.82) is 0 Å². The second kappa shape index (κ2) is 2.59. The minimum absolute atomic E-state index is 1.07. The van der Waals surface area contributed by atoms with E-state index in [1.807, 2.05) is 6.07 Å². The molecule has 1 nitrogen and oxygen atoms in total. The van der Waals surface area contributed by atoms with E-state index >= 15 is 0 Å². The van der Waals surface area contributed by atoms with Crippen molar-refractivity contribution in [3.8, 4) is 0 Å².